The number of nitrogens with one attached hydrogen (secondary N) is 1. The second-order valence-electron chi connectivity index (χ2n) is 9.66. The number of nitrogens with zero attached hydrogens (tertiary/aromatic N) is 5. The standard InChI is InChI=1S/C27H32N6O5/c1-18(17-37-2)10-20-12-24(29-14-22(20)13-28)31-26(35)33-8-5-6-19-11-21(23(16-34)30-25(19)33)15-32-7-3-4-9-38-27(32)36/h11-12,14,16,18H,3-10,15,17H2,1-2H3,(H,29,31,35)/t18-/m1/s1. The molecule has 0 radical (unpaired) electrons. The first kappa shape index (κ1) is 27.0. The van der Waals surface area contributed by atoms with Crippen LogP contribution in [0, 0.1) is 17.2 Å². The number of anilines is 2. The number of aryl methyl sites for hydroxylation is 1. The fourth-order valence-corrected chi connectivity index (χ4v) is 4.81. The Morgan fingerprint density at radius 3 is 2.89 bits per heavy atom. The Kier molecular flexibility index (Phi) is 8.86. The second kappa shape index (κ2) is 12.5. The zero-order valence-electron chi connectivity index (χ0n) is 21.7. The Morgan fingerprint density at radius 2 is 2.13 bits per heavy atom. The Hall–Kier alpha value is -4.04. The van der Waals surface area contributed by atoms with Gasteiger partial charge in [0.2, 0.25) is 0 Å². The number of nitriles is 1. The molecule has 2 aromatic rings. The molecule has 0 bridgehead atoms. The average Bonchev–Trinajstić information content (AvgIpc) is 3.11. The van der Waals surface area contributed by atoms with Crippen molar-refractivity contribution in [2.75, 3.05) is 43.6 Å². The molecule has 1 fully saturated rings. The van der Waals surface area contributed by atoms with Gasteiger partial charge in [-0.25, -0.2) is 19.6 Å². The zero-order valence-corrected chi connectivity index (χ0v) is 21.7. The van der Waals surface area contributed by atoms with Crippen molar-refractivity contribution in [3.05, 3.63) is 46.3 Å². The quantitative estimate of drug-likeness (QED) is 0.520. The van der Waals surface area contributed by atoms with Gasteiger partial charge in [0.25, 0.3) is 0 Å². The van der Waals surface area contributed by atoms with Crippen LogP contribution in [0.25, 0.3) is 0 Å². The van der Waals surface area contributed by atoms with Crippen molar-refractivity contribution in [2.24, 2.45) is 5.92 Å². The van der Waals surface area contributed by atoms with Crippen molar-refractivity contribution in [3.8, 4) is 6.07 Å². The minimum absolute atomic E-state index is 0.184. The van der Waals surface area contributed by atoms with Crippen LogP contribution >= 0.6 is 0 Å². The normalized spacial score (nSPS) is 16.1. The van der Waals surface area contributed by atoms with Gasteiger partial charge >= 0.3 is 12.1 Å². The number of rotatable bonds is 8. The van der Waals surface area contributed by atoms with Crippen molar-refractivity contribution in [3.63, 3.8) is 0 Å². The van der Waals surface area contributed by atoms with E-state index in [4.69, 9.17) is 9.47 Å². The molecule has 38 heavy (non-hydrogen) atoms. The number of hydrogen-bond donors (Lipinski definition) is 1. The maximum absolute atomic E-state index is 13.3. The van der Waals surface area contributed by atoms with Gasteiger partial charge < -0.3 is 14.4 Å². The monoisotopic (exact) mass is 520 g/mol. The maximum Gasteiger partial charge on any atom is 0.410 e. The number of aromatic nitrogens is 2. The Labute approximate surface area is 221 Å². The first-order valence-electron chi connectivity index (χ1n) is 12.8. The lowest BCUT2D eigenvalue weighted by Crippen LogP contribution is -2.40. The fraction of sp³-hybridized carbons (Fsp3) is 0.481. The van der Waals surface area contributed by atoms with E-state index in [1.807, 2.05) is 13.0 Å². The number of cyclic esters (lactones) is 1. The van der Waals surface area contributed by atoms with E-state index >= 15 is 0 Å². The van der Waals surface area contributed by atoms with Gasteiger partial charge in [-0.1, -0.05) is 6.92 Å². The lowest BCUT2D eigenvalue weighted by atomic mass is 9.99. The number of hydrogen-bond acceptors (Lipinski definition) is 8. The largest absolute Gasteiger partial charge is 0.449 e. The van der Waals surface area contributed by atoms with Crippen molar-refractivity contribution in [1.82, 2.24) is 14.9 Å². The van der Waals surface area contributed by atoms with Crippen molar-refractivity contribution in [2.45, 2.75) is 45.6 Å². The minimum atomic E-state index is -0.424. The topological polar surface area (TPSA) is 138 Å². The van der Waals surface area contributed by atoms with E-state index in [0.717, 1.165) is 24.0 Å². The highest BCUT2D eigenvalue weighted by Crippen LogP contribution is 2.29. The molecule has 0 aliphatic carbocycles. The summed E-state index contributed by atoms with van der Waals surface area (Å²) in [5, 5.41) is 12.3. The molecule has 2 aliphatic heterocycles. The van der Waals surface area contributed by atoms with Gasteiger partial charge in [-0.2, -0.15) is 5.26 Å². The molecule has 0 spiro atoms. The van der Waals surface area contributed by atoms with E-state index in [-0.39, 0.29) is 18.2 Å². The molecule has 0 saturated carbocycles. The highest BCUT2D eigenvalue weighted by Gasteiger charge is 2.28. The molecule has 1 N–H and O–H groups in total. The highest BCUT2D eigenvalue weighted by molar-refractivity contribution is 6.01. The number of ether oxygens (including phenoxy) is 2. The van der Waals surface area contributed by atoms with E-state index in [1.54, 1.807) is 18.1 Å². The van der Waals surface area contributed by atoms with E-state index in [0.29, 0.717) is 74.6 Å². The summed E-state index contributed by atoms with van der Waals surface area (Å²) in [7, 11) is 1.63. The van der Waals surface area contributed by atoms with Crippen LogP contribution in [0.5, 0.6) is 0 Å². The molecule has 2 aliphatic rings. The summed E-state index contributed by atoms with van der Waals surface area (Å²) < 4.78 is 10.4. The van der Waals surface area contributed by atoms with Crippen LogP contribution in [0.4, 0.5) is 21.2 Å². The van der Waals surface area contributed by atoms with Crippen LogP contribution in [0.2, 0.25) is 0 Å². The lowest BCUT2D eigenvalue weighted by Gasteiger charge is -2.29. The van der Waals surface area contributed by atoms with Gasteiger partial charge in [-0.05, 0) is 61.3 Å². The molecule has 1 atom stereocenters. The maximum atomic E-state index is 13.3. The van der Waals surface area contributed by atoms with Crippen LogP contribution < -0.4 is 10.2 Å². The van der Waals surface area contributed by atoms with Crippen LogP contribution in [0.15, 0.2) is 18.3 Å². The SMILES string of the molecule is COC[C@H](C)Cc1cc(NC(=O)N2CCCc3cc(CN4CCCCOC4=O)c(C=O)nc32)ncc1C#N. The third-order valence-electron chi connectivity index (χ3n) is 6.66. The summed E-state index contributed by atoms with van der Waals surface area (Å²) in [5.74, 6) is 0.927. The van der Waals surface area contributed by atoms with Gasteiger partial charge in [-0.15, -0.1) is 0 Å². The summed E-state index contributed by atoms with van der Waals surface area (Å²) in [5.41, 5.74) is 2.87. The Bertz CT molecular complexity index is 1240. The minimum Gasteiger partial charge on any atom is -0.449 e. The van der Waals surface area contributed by atoms with E-state index in [2.05, 4.69) is 21.4 Å². The van der Waals surface area contributed by atoms with Gasteiger partial charge in [0.1, 0.15) is 23.4 Å². The predicted molar refractivity (Wildman–Crippen MR) is 139 cm³/mol. The molecule has 2 aromatic heterocycles. The predicted octanol–water partition coefficient (Wildman–Crippen LogP) is 3.70. The smallest absolute Gasteiger partial charge is 0.410 e. The number of fused-ring (bicyclic) bond motifs is 1. The first-order chi connectivity index (χ1) is 18.4. The van der Waals surface area contributed by atoms with Crippen molar-refractivity contribution >= 4 is 30.0 Å². The molecular formula is C27H32N6O5. The number of aldehydes is 1. The van der Waals surface area contributed by atoms with E-state index in [1.165, 1.54) is 11.1 Å². The van der Waals surface area contributed by atoms with Gasteiger partial charge in [0.05, 0.1) is 18.7 Å². The van der Waals surface area contributed by atoms with E-state index in [9.17, 15) is 19.6 Å². The van der Waals surface area contributed by atoms with Crippen LogP contribution in [0.1, 0.15) is 58.9 Å². The molecule has 4 rings (SSSR count). The first-order valence-corrected chi connectivity index (χ1v) is 12.8. The molecule has 0 aromatic carbocycles. The Balaban J connectivity index is 1.55. The van der Waals surface area contributed by atoms with Crippen molar-refractivity contribution in [1.29, 1.82) is 5.26 Å². The van der Waals surface area contributed by atoms with Crippen LogP contribution in [-0.2, 0) is 28.9 Å². The summed E-state index contributed by atoms with van der Waals surface area (Å²) in [4.78, 5) is 49.4. The molecule has 11 heteroatoms. The van der Waals surface area contributed by atoms with Crippen molar-refractivity contribution < 1.29 is 23.9 Å². The molecule has 4 heterocycles. The van der Waals surface area contributed by atoms with Gasteiger partial charge in [-0.3, -0.25) is 15.0 Å². The summed E-state index contributed by atoms with van der Waals surface area (Å²) in [6.45, 7) is 4.16. The third kappa shape index (κ3) is 6.26. The lowest BCUT2D eigenvalue weighted by molar-refractivity contribution is 0.109. The summed E-state index contributed by atoms with van der Waals surface area (Å²) >= 11 is 0. The molecule has 0 unspecified atom stereocenters. The van der Waals surface area contributed by atoms with Gasteiger partial charge in [0.15, 0.2) is 6.29 Å². The number of urea groups is 1. The van der Waals surface area contributed by atoms with Gasteiger partial charge in [0, 0.05) is 38.6 Å². The zero-order chi connectivity index (χ0) is 27.1. The number of pyridine rings is 2. The number of carbonyl (C=O) groups excluding carboxylic acids is 3. The van der Waals surface area contributed by atoms with Crippen LogP contribution in [0.3, 0.4) is 0 Å². The second-order valence-corrected chi connectivity index (χ2v) is 9.66. The number of amides is 3. The Morgan fingerprint density at radius 1 is 1.29 bits per heavy atom. The number of methoxy groups -OCH3 is 1. The molecule has 3 amide bonds. The number of carbonyl (C=O) groups is 3. The van der Waals surface area contributed by atoms with Crippen LogP contribution in [-0.4, -0.2) is 66.7 Å². The molecular weight excluding hydrogens is 488 g/mol. The summed E-state index contributed by atoms with van der Waals surface area (Å²) in [6, 6.07) is 5.30. The summed E-state index contributed by atoms with van der Waals surface area (Å²) in [6.07, 6.45) is 5.35. The fourth-order valence-electron chi connectivity index (χ4n) is 4.81. The highest BCUT2D eigenvalue weighted by atomic mass is 16.6. The average molecular weight is 521 g/mol. The molecule has 11 nitrogen and oxygen atoms in total. The van der Waals surface area contributed by atoms with E-state index < -0.39 is 12.1 Å². The third-order valence-corrected chi connectivity index (χ3v) is 6.66. The molecule has 200 valence electrons. The molecule has 1 saturated heterocycles.